The van der Waals surface area contributed by atoms with Crippen molar-refractivity contribution in [2.75, 3.05) is 0 Å². The minimum absolute atomic E-state index is 0.227. The van der Waals surface area contributed by atoms with Gasteiger partial charge in [-0.15, -0.1) is 0 Å². The van der Waals surface area contributed by atoms with Gasteiger partial charge in [0.2, 0.25) is 0 Å². The van der Waals surface area contributed by atoms with Gasteiger partial charge in [0.05, 0.1) is 0 Å². The van der Waals surface area contributed by atoms with Crippen LogP contribution < -0.4 is 0 Å². The van der Waals surface area contributed by atoms with E-state index in [1.807, 2.05) is 6.42 Å². The maximum atomic E-state index is 13.3. The summed E-state index contributed by atoms with van der Waals surface area (Å²) >= 11 is 0. The van der Waals surface area contributed by atoms with Crippen molar-refractivity contribution in [3.05, 3.63) is 77.7 Å². The van der Waals surface area contributed by atoms with Gasteiger partial charge >= 0.3 is 0 Å². The van der Waals surface area contributed by atoms with Gasteiger partial charge in [-0.2, -0.15) is 0 Å². The molecule has 81 valence electrons. The average Bonchev–Trinajstić information content (AvgIpc) is 2.28. The van der Waals surface area contributed by atoms with Crippen LogP contribution >= 0.6 is 0 Å². The lowest BCUT2D eigenvalue weighted by Crippen LogP contribution is -1.92. The fraction of sp³-hybridized carbons (Fsp3) is 0.0714. The van der Waals surface area contributed by atoms with E-state index in [2.05, 4.69) is 0 Å². The van der Waals surface area contributed by atoms with Crippen molar-refractivity contribution < 1.29 is 8.78 Å². The zero-order valence-electron chi connectivity index (χ0n) is 8.66. The quantitative estimate of drug-likeness (QED) is 0.734. The highest BCUT2D eigenvalue weighted by Gasteiger charge is 2.02. The molecule has 0 unspecified atom stereocenters. The molecule has 0 saturated carbocycles. The van der Waals surface area contributed by atoms with Crippen molar-refractivity contribution in [3.63, 3.8) is 0 Å². The number of benzene rings is 2. The first-order valence-electron chi connectivity index (χ1n) is 5.08. The van der Waals surface area contributed by atoms with Gasteiger partial charge in [0.1, 0.15) is 11.6 Å². The molecule has 0 aliphatic heterocycles. The summed E-state index contributed by atoms with van der Waals surface area (Å²) in [4.78, 5) is 0. The van der Waals surface area contributed by atoms with Crippen LogP contribution in [0.15, 0.2) is 48.5 Å². The maximum Gasteiger partial charge on any atom is 0.126 e. The summed E-state index contributed by atoms with van der Waals surface area (Å²) in [7, 11) is 0. The van der Waals surface area contributed by atoms with E-state index in [0.717, 1.165) is 5.56 Å². The molecule has 0 atom stereocenters. The number of rotatable bonds is 3. The van der Waals surface area contributed by atoms with Gasteiger partial charge in [0.25, 0.3) is 0 Å². The monoisotopic (exact) mass is 217 g/mol. The Kier molecular flexibility index (Phi) is 3.30. The van der Waals surface area contributed by atoms with Crippen LogP contribution in [0.1, 0.15) is 11.1 Å². The van der Waals surface area contributed by atoms with E-state index in [9.17, 15) is 8.78 Å². The van der Waals surface area contributed by atoms with Gasteiger partial charge < -0.3 is 0 Å². The predicted octanol–water partition coefficient (Wildman–Crippen LogP) is 3.76. The summed E-state index contributed by atoms with van der Waals surface area (Å²) in [6.07, 6.45) is 2.28. The lowest BCUT2D eigenvalue weighted by Gasteiger charge is -2.03. The van der Waals surface area contributed by atoms with Gasteiger partial charge in [-0.25, -0.2) is 8.78 Å². The zero-order chi connectivity index (χ0) is 11.4. The van der Waals surface area contributed by atoms with Gasteiger partial charge in [-0.1, -0.05) is 30.3 Å². The Labute approximate surface area is 93.5 Å². The lowest BCUT2D eigenvalue weighted by molar-refractivity contribution is 0.613. The topological polar surface area (TPSA) is 0 Å². The minimum atomic E-state index is -0.276. The standard InChI is InChI=1S/C14H11F2/c15-13-6-3-4-11(10-13)8-9-12-5-1-2-7-14(12)16/h1-8,10H,9H2. The third kappa shape index (κ3) is 2.66. The normalized spacial score (nSPS) is 10.4. The molecule has 0 aliphatic rings. The number of hydrogen-bond donors (Lipinski definition) is 0. The van der Waals surface area contributed by atoms with Crippen molar-refractivity contribution in [1.82, 2.24) is 0 Å². The fourth-order valence-electron chi connectivity index (χ4n) is 1.53. The van der Waals surface area contributed by atoms with E-state index in [1.54, 1.807) is 30.3 Å². The molecular formula is C14H11F2. The molecule has 0 heterocycles. The summed E-state index contributed by atoms with van der Waals surface area (Å²) in [6, 6.07) is 12.9. The SMILES string of the molecule is Fc1cccc([CH]Cc2ccccc2F)c1. The van der Waals surface area contributed by atoms with Crippen molar-refractivity contribution in [2.24, 2.45) is 0 Å². The lowest BCUT2D eigenvalue weighted by atomic mass is 10.0. The second kappa shape index (κ2) is 4.88. The molecule has 0 N–H and O–H groups in total. The summed E-state index contributed by atoms with van der Waals surface area (Å²) < 4.78 is 26.2. The Morgan fingerprint density at radius 2 is 1.75 bits per heavy atom. The van der Waals surface area contributed by atoms with Crippen LogP contribution in [-0.4, -0.2) is 0 Å². The molecule has 0 aromatic heterocycles. The summed E-state index contributed by atoms with van der Waals surface area (Å²) in [6.45, 7) is 0. The molecule has 2 aromatic carbocycles. The van der Waals surface area contributed by atoms with Crippen molar-refractivity contribution in [2.45, 2.75) is 6.42 Å². The van der Waals surface area contributed by atoms with Gasteiger partial charge in [0.15, 0.2) is 0 Å². The van der Waals surface area contributed by atoms with Crippen molar-refractivity contribution >= 4 is 0 Å². The first-order chi connectivity index (χ1) is 7.75. The van der Waals surface area contributed by atoms with Crippen molar-refractivity contribution in [3.8, 4) is 0 Å². The molecule has 0 bridgehead atoms. The van der Waals surface area contributed by atoms with Crippen molar-refractivity contribution in [1.29, 1.82) is 0 Å². The predicted molar refractivity (Wildman–Crippen MR) is 59.9 cm³/mol. The van der Waals surface area contributed by atoms with E-state index < -0.39 is 0 Å². The maximum absolute atomic E-state index is 13.3. The Morgan fingerprint density at radius 3 is 2.50 bits per heavy atom. The van der Waals surface area contributed by atoms with Crippen LogP contribution in [0.4, 0.5) is 8.78 Å². The molecule has 0 fully saturated rings. The van der Waals surface area contributed by atoms with Gasteiger partial charge in [0, 0.05) is 0 Å². The smallest absolute Gasteiger partial charge is 0.126 e. The Bertz CT molecular complexity index is 478. The van der Waals surface area contributed by atoms with Gasteiger partial charge in [-0.3, -0.25) is 0 Å². The highest BCUT2D eigenvalue weighted by atomic mass is 19.1. The molecule has 0 spiro atoms. The molecule has 0 nitrogen and oxygen atoms in total. The minimum Gasteiger partial charge on any atom is -0.207 e. The first-order valence-corrected chi connectivity index (χ1v) is 5.08. The van der Waals surface area contributed by atoms with Crippen LogP contribution in [0.3, 0.4) is 0 Å². The van der Waals surface area contributed by atoms with E-state index in [-0.39, 0.29) is 11.6 Å². The van der Waals surface area contributed by atoms with E-state index in [4.69, 9.17) is 0 Å². The highest BCUT2D eigenvalue weighted by molar-refractivity contribution is 5.28. The second-order valence-corrected chi connectivity index (χ2v) is 3.55. The third-order valence-electron chi connectivity index (χ3n) is 2.36. The highest BCUT2D eigenvalue weighted by Crippen LogP contribution is 2.13. The largest absolute Gasteiger partial charge is 0.207 e. The zero-order valence-corrected chi connectivity index (χ0v) is 8.66. The summed E-state index contributed by atoms with van der Waals surface area (Å²) in [5.41, 5.74) is 1.38. The van der Waals surface area contributed by atoms with E-state index in [0.29, 0.717) is 12.0 Å². The number of halogens is 2. The molecular weight excluding hydrogens is 206 g/mol. The molecule has 0 aliphatic carbocycles. The molecule has 2 aromatic rings. The summed E-state index contributed by atoms with van der Waals surface area (Å²) in [5.74, 6) is -0.502. The molecule has 2 rings (SSSR count). The Hall–Kier alpha value is -1.70. The second-order valence-electron chi connectivity index (χ2n) is 3.55. The fourth-order valence-corrected chi connectivity index (χ4v) is 1.53. The van der Waals surface area contributed by atoms with Crippen LogP contribution in [0.25, 0.3) is 0 Å². The summed E-state index contributed by atoms with van der Waals surface area (Å²) in [5, 5.41) is 0. The molecule has 2 heteroatoms. The first kappa shape index (κ1) is 10.8. The third-order valence-corrected chi connectivity index (χ3v) is 2.36. The van der Waals surface area contributed by atoms with E-state index >= 15 is 0 Å². The van der Waals surface area contributed by atoms with Crippen LogP contribution in [0.5, 0.6) is 0 Å². The van der Waals surface area contributed by atoms with Crippen LogP contribution in [-0.2, 0) is 6.42 Å². The van der Waals surface area contributed by atoms with E-state index in [1.165, 1.54) is 18.2 Å². The van der Waals surface area contributed by atoms with Crippen LogP contribution in [0.2, 0.25) is 0 Å². The Balaban J connectivity index is 2.05. The molecule has 0 amide bonds. The Morgan fingerprint density at radius 1 is 0.938 bits per heavy atom. The molecule has 16 heavy (non-hydrogen) atoms. The number of hydrogen-bond acceptors (Lipinski definition) is 0. The van der Waals surface area contributed by atoms with Crippen LogP contribution in [0, 0.1) is 18.1 Å². The van der Waals surface area contributed by atoms with Gasteiger partial charge in [-0.05, 0) is 42.2 Å². The molecule has 1 radical (unpaired) electrons. The average molecular weight is 217 g/mol. The molecule has 0 saturated heterocycles.